The number of aromatic nitrogens is 1. The number of nitrogens with zero attached hydrogens (tertiary/aromatic N) is 2. The highest BCUT2D eigenvalue weighted by Crippen LogP contribution is 2.27. The van der Waals surface area contributed by atoms with Crippen LogP contribution in [0.1, 0.15) is 16.1 Å². The fourth-order valence-corrected chi connectivity index (χ4v) is 1.97. The van der Waals surface area contributed by atoms with Crippen molar-refractivity contribution in [2.45, 2.75) is 6.18 Å². The quantitative estimate of drug-likeness (QED) is 0.814. The lowest BCUT2D eigenvalue weighted by Gasteiger charge is -2.17. The first-order chi connectivity index (χ1) is 11.3. The summed E-state index contributed by atoms with van der Waals surface area (Å²) in [5.74, 6) is 0.173. The Bertz CT molecular complexity index is 688. The van der Waals surface area contributed by atoms with Crippen molar-refractivity contribution < 1.29 is 22.7 Å². The number of hydrogen-bond acceptors (Lipinski definition) is 3. The van der Waals surface area contributed by atoms with Crippen molar-refractivity contribution in [1.82, 2.24) is 9.88 Å². The number of hydrogen-bond donors (Lipinski definition) is 0. The van der Waals surface area contributed by atoms with Crippen molar-refractivity contribution in [1.29, 1.82) is 0 Å². The maximum Gasteiger partial charge on any atom is 0.433 e. The fraction of sp³-hybridized carbons (Fsp3) is 0.250. The minimum Gasteiger partial charge on any atom is -0.492 e. The van der Waals surface area contributed by atoms with E-state index >= 15 is 0 Å². The standard InChI is InChI=1S/C16H14ClF3N2O2/c1-22(8-9-24-13-5-3-12(17)4-6-13)15(23)11-2-7-14(21-10-11)16(18,19)20/h2-7,10H,8-9H2,1H3. The molecule has 128 valence electrons. The van der Waals surface area contributed by atoms with E-state index in [-0.39, 0.29) is 18.7 Å². The second-order valence-electron chi connectivity index (χ2n) is 4.96. The van der Waals surface area contributed by atoms with E-state index in [4.69, 9.17) is 16.3 Å². The van der Waals surface area contributed by atoms with Gasteiger partial charge in [-0.2, -0.15) is 13.2 Å². The maximum absolute atomic E-state index is 12.4. The SMILES string of the molecule is CN(CCOc1ccc(Cl)cc1)C(=O)c1ccc(C(F)(F)F)nc1. The molecule has 0 N–H and O–H groups in total. The van der Waals surface area contributed by atoms with Crippen LogP contribution in [0.15, 0.2) is 42.6 Å². The van der Waals surface area contributed by atoms with Crippen LogP contribution in [-0.2, 0) is 6.18 Å². The minimum atomic E-state index is -4.53. The molecule has 1 heterocycles. The van der Waals surface area contributed by atoms with Crippen LogP contribution in [0.3, 0.4) is 0 Å². The molecule has 0 fully saturated rings. The van der Waals surface area contributed by atoms with Gasteiger partial charge >= 0.3 is 6.18 Å². The molecule has 1 amide bonds. The summed E-state index contributed by atoms with van der Waals surface area (Å²) in [7, 11) is 1.53. The molecule has 2 rings (SSSR count). The molecule has 8 heteroatoms. The van der Waals surface area contributed by atoms with E-state index in [1.54, 1.807) is 24.3 Å². The molecule has 0 spiro atoms. The van der Waals surface area contributed by atoms with E-state index in [2.05, 4.69) is 4.98 Å². The maximum atomic E-state index is 12.4. The van der Waals surface area contributed by atoms with Crippen molar-refractivity contribution in [3.63, 3.8) is 0 Å². The molecule has 0 bridgehead atoms. The predicted molar refractivity (Wildman–Crippen MR) is 83.1 cm³/mol. The first kappa shape index (κ1) is 18.1. The highest BCUT2D eigenvalue weighted by atomic mass is 35.5. The highest BCUT2D eigenvalue weighted by molar-refractivity contribution is 6.30. The van der Waals surface area contributed by atoms with Crippen LogP contribution < -0.4 is 4.74 Å². The zero-order valence-corrected chi connectivity index (χ0v) is 13.4. The average Bonchev–Trinajstić information content (AvgIpc) is 2.55. The van der Waals surface area contributed by atoms with E-state index in [9.17, 15) is 18.0 Å². The summed E-state index contributed by atoms with van der Waals surface area (Å²) in [5.41, 5.74) is -0.954. The van der Waals surface area contributed by atoms with Crippen LogP contribution in [0, 0.1) is 0 Å². The Labute approximate surface area is 141 Å². The largest absolute Gasteiger partial charge is 0.492 e. The molecule has 0 atom stereocenters. The normalized spacial score (nSPS) is 11.2. The summed E-state index contributed by atoms with van der Waals surface area (Å²) in [6.45, 7) is 0.500. The lowest BCUT2D eigenvalue weighted by molar-refractivity contribution is -0.141. The molecule has 1 aromatic carbocycles. The average molecular weight is 359 g/mol. The van der Waals surface area contributed by atoms with Crippen molar-refractivity contribution in [3.8, 4) is 5.75 Å². The van der Waals surface area contributed by atoms with Crippen molar-refractivity contribution in [2.24, 2.45) is 0 Å². The van der Waals surface area contributed by atoms with Gasteiger partial charge in [-0.3, -0.25) is 9.78 Å². The third-order valence-electron chi connectivity index (χ3n) is 3.16. The lowest BCUT2D eigenvalue weighted by atomic mass is 10.2. The number of amides is 1. The molecule has 0 aliphatic heterocycles. The van der Waals surface area contributed by atoms with Crippen LogP contribution in [-0.4, -0.2) is 36.0 Å². The third kappa shape index (κ3) is 4.86. The van der Waals surface area contributed by atoms with Crippen LogP contribution in [0.4, 0.5) is 13.2 Å². The summed E-state index contributed by atoms with van der Waals surface area (Å²) in [6, 6.07) is 8.65. The highest BCUT2D eigenvalue weighted by Gasteiger charge is 2.32. The smallest absolute Gasteiger partial charge is 0.433 e. The Morgan fingerprint density at radius 3 is 2.42 bits per heavy atom. The van der Waals surface area contributed by atoms with E-state index in [1.807, 2.05) is 0 Å². The Hall–Kier alpha value is -2.28. The van der Waals surface area contributed by atoms with Gasteiger partial charge in [0.15, 0.2) is 0 Å². The number of ether oxygens (including phenoxy) is 1. The summed E-state index contributed by atoms with van der Waals surface area (Å²) in [4.78, 5) is 16.7. The first-order valence-corrected chi connectivity index (χ1v) is 7.32. The molecule has 24 heavy (non-hydrogen) atoms. The number of likely N-dealkylation sites (N-methyl/N-ethyl adjacent to an activating group) is 1. The van der Waals surface area contributed by atoms with Gasteiger partial charge in [-0.1, -0.05) is 11.6 Å². The molecule has 0 unspecified atom stereocenters. The van der Waals surface area contributed by atoms with Crippen molar-refractivity contribution >= 4 is 17.5 Å². The van der Waals surface area contributed by atoms with E-state index in [0.717, 1.165) is 18.3 Å². The number of benzene rings is 1. The van der Waals surface area contributed by atoms with Gasteiger partial charge in [0.25, 0.3) is 5.91 Å². The summed E-state index contributed by atoms with van der Waals surface area (Å²) in [6.07, 6.45) is -3.61. The molecule has 0 radical (unpaired) electrons. The van der Waals surface area contributed by atoms with Crippen molar-refractivity contribution in [2.75, 3.05) is 20.2 Å². The van der Waals surface area contributed by atoms with Crippen LogP contribution in [0.2, 0.25) is 5.02 Å². The molecular weight excluding hydrogens is 345 g/mol. The molecule has 2 aromatic rings. The van der Waals surface area contributed by atoms with E-state index in [1.165, 1.54) is 11.9 Å². The van der Waals surface area contributed by atoms with Gasteiger partial charge in [0, 0.05) is 18.3 Å². The number of rotatable bonds is 5. The minimum absolute atomic E-state index is 0.0805. The fourth-order valence-electron chi connectivity index (χ4n) is 1.84. The molecule has 4 nitrogen and oxygen atoms in total. The topological polar surface area (TPSA) is 42.4 Å². The molecule has 0 saturated heterocycles. The van der Waals surface area contributed by atoms with Crippen LogP contribution in [0.25, 0.3) is 0 Å². The van der Waals surface area contributed by atoms with E-state index < -0.39 is 17.8 Å². The Kier molecular flexibility index (Phi) is 5.66. The number of alkyl halides is 3. The van der Waals surface area contributed by atoms with Crippen molar-refractivity contribution in [3.05, 3.63) is 58.9 Å². The molecule has 1 aromatic heterocycles. The first-order valence-electron chi connectivity index (χ1n) is 6.94. The Morgan fingerprint density at radius 2 is 1.88 bits per heavy atom. The summed E-state index contributed by atoms with van der Waals surface area (Å²) >= 11 is 5.76. The van der Waals surface area contributed by atoms with Gasteiger partial charge in [0.1, 0.15) is 18.1 Å². The number of halogens is 4. The van der Waals surface area contributed by atoms with Gasteiger partial charge in [-0.05, 0) is 36.4 Å². The Morgan fingerprint density at radius 1 is 1.21 bits per heavy atom. The van der Waals surface area contributed by atoms with Crippen LogP contribution >= 0.6 is 11.6 Å². The van der Waals surface area contributed by atoms with E-state index in [0.29, 0.717) is 10.8 Å². The van der Waals surface area contributed by atoms with Gasteiger partial charge in [0.2, 0.25) is 0 Å². The van der Waals surface area contributed by atoms with Gasteiger partial charge in [-0.25, -0.2) is 0 Å². The molecule has 0 saturated carbocycles. The molecule has 0 aliphatic carbocycles. The summed E-state index contributed by atoms with van der Waals surface area (Å²) in [5, 5.41) is 0.587. The second kappa shape index (κ2) is 7.53. The van der Waals surface area contributed by atoms with Gasteiger partial charge in [-0.15, -0.1) is 0 Å². The number of carbonyl (C=O) groups is 1. The van der Waals surface area contributed by atoms with Gasteiger partial charge < -0.3 is 9.64 Å². The van der Waals surface area contributed by atoms with Gasteiger partial charge in [0.05, 0.1) is 12.1 Å². The Balaban J connectivity index is 1.88. The zero-order valence-electron chi connectivity index (χ0n) is 12.7. The van der Waals surface area contributed by atoms with Crippen LogP contribution in [0.5, 0.6) is 5.75 Å². The monoisotopic (exact) mass is 358 g/mol. The zero-order chi connectivity index (χ0) is 17.7. The molecule has 0 aliphatic rings. The summed E-state index contributed by atoms with van der Waals surface area (Å²) < 4.78 is 42.8. The molecular formula is C16H14ClF3N2O2. The lowest BCUT2D eigenvalue weighted by Crippen LogP contribution is -2.31. The second-order valence-corrected chi connectivity index (χ2v) is 5.40. The number of carbonyl (C=O) groups excluding carboxylic acids is 1. The third-order valence-corrected chi connectivity index (χ3v) is 3.41. The number of pyridine rings is 1. The predicted octanol–water partition coefficient (Wildman–Crippen LogP) is 3.90.